The summed E-state index contributed by atoms with van der Waals surface area (Å²) in [5.74, 6) is -1.37. The van der Waals surface area contributed by atoms with E-state index in [2.05, 4.69) is 5.32 Å². The summed E-state index contributed by atoms with van der Waals surface area (Å²) in [5.41, 5.74) is 5.52. The van der Waals surface area contributed by atoms with Crippen LogP contribution < -0.4 is 11.1 Å². The van der Waals surface area contributed by atoms with Crippen molar-refractivity contribution >= 4 is 23.2 Å². The molecule has 0 atom stereocenters. The molecule has 0 aliphatic rings. The summed E-state index contributed by atoms with van der Waals surface area (Å²) in [6.07, 6.45) is 0. The maximum atomic E-state index is 10.7. The zero-order valence-corrected chi connectivity index (χ0v) is 8.13. The van der Waals surface area contributed by atoms with Gasteiger partial charge in [-0.15, -0.1) is 11.3 Å². The van der Waals surface area contributed by atoms with Gasteiger partial charge in [0.25, 0.3) is 0 Å². The van der Waals surface area contributed by atoms with E-state index in [1.54, 1.807) is 11.4 Å². The number of rotatable bonds is 5. The molecule has 1 aromatic rings. The Hall–Kier alpha value is -1.40. The molecule has 0 saturated heterocycles. The van der Waals surface area contributed by atoms with Crippen LogP contribution in [-0.2, 0) is 11.3 Å². The second-order valence-corrected chi connectivity index (χ2v) is 3.66. The van der Waals surface area contributed by atoms with Gasteiger partial charge in [0.15, 0.2) is 0 Å². The molecule has 1 rings (SSSR count). The Labute approximate surface area is 84.5 Å². The van der Waals surface area contributed by atoms with Gasteiger partial charge in [-0.1, -0.05) is 0 Å². The second-order valence-electron chi connectivity index (χ2n) is 2.66. The van der Waals surface area contributed by atoms with Crippen molar-refractivity contribution in [3.8, 4) is 0 Å². The van der Waals surface area contributed by atoms with Crippen LogP contribution in [0.1, 0.15) is 15.2 Å². The largest absolute Gasteiger partial charge is 0.480 e. The second kappa shape index (κ2) is 4.73. The van der Waals surface area contributed by atoms with Crippen LogP contribution in [0, 0.1) is 0 Å². The van der Waals surface area contributed by atoms with Gasteiger partial charge in [0.05, 0.1) is 12.1 Å². The van der Waals surface area contributed by atoms with Gasteiger partial charge in [0.2, 0.25) is 5.91 Å². The van der Waals surface area contributed by atoms with Gasteiger partial charge >= 0.3 is 5.97 Å². The molecule has 0 aliphatic heterocycles. The number of amides is 1. The first-order valence-corrected chi connectivity index (χ1v) is 4.77. The number of carboxylic acid groups (broad SMARTS) is 1. The lowest BCUT2D eigenvalue weighted by Gasteiger charge is -1.96. The third-order valence-corrected chi connectivity index (χ3v) is 2.45. The summed E-state index contributed by atoms with van der Waals surface area (Å²) in [4.78, 5) is 21.8. The van der Waals surface area contributed by atoms with Crippen LogP contribution in [0.15, 0.2) is 11.4 Å². The topological polar surface area (TPSA) is 92.4 Å². The summed E-state index contributed by atoms with van der Waals surface area (Å²) in [5, 5.41) is 12.7. The van der Waals surface area contributed by atoms with Crippen LogP contribution >= 0.6 is 11.3 Å². The molecule has 4 N–H and O–H groups in total. The van der Waals surface area contributed by atoms with Crippen molar-refractivity contribution in [1.82, 2.24) is 5.32 Å². The number of nitrogens with one attached hydrogen (secondary N) is 1. The predicted octanol–water partition coefficient (Wildman–Crippen LogP) is 0.0212. The van der Waals surface area contributed by atoms with E-state index in [0.717, 1.165) is 4.88 Å². The number of nitrogens with two attached hydrogens (primary N) is 1. The number of carbonyl (C=O) groups excluding carboxylic acids is 1. The molecule has 0 saturated carbocycles. The quantitative estimate of drug-likeness (QED) is 0.644. The molecule has 0 aliphatic carbocycles. The van der Waals surface area contributed by atoms with E-state index in [4.69, 9.17) is 10.8 Å². The Balaban J connectivity index is 2.44. The SMILES string of the molecule is NC(=O)c1csc(CNCC(=O)O)c1. The standard InChI is InChI=1S/C8H10N2O3S/c9-8(13)5-1-6(14-4-5)2-10-3-7(11)12/h1,4,10H,2-3H2,(H2,9,13)(H,11,12). The molecule has 1 amide bonds. The summed E-state index contributed by atoms with van der Waals surface area (Å²) < 4.78 is 0. The third-order valence-electron chi connectivity index (χ3n) is 1.51. The fraction of sp³-hybridized carbons (Fsp3) is 0.250. The van der Waals surface area contributed by atoms with E-state index < -0.39 is 11.9 Å². The van der Waals surface area contributed by atoms with Gasteiger partial charge in [-0.05, 0) is 6.07 Å². The highest BCUT2D eigenvalue weighted by atomic mass is 32.1. The Bertz CT molecular complexity index is 348. The first-order chi connectivity index (χ1) is 6.59. The fourth-order valence-corrected chi connectivity index (χ4v) is 1.74. The van der Waals surface area contributed by atoms with Crippen molar-refractivity contribution in [1.29, 1.82) is 0 Å². The minimum absolute atomic E-state index is 0.0934. The van der Waals surface area contributed by atoms with Gasteiger partial charge in [0, 0.05) is 16.8 Å². The van der Waals surface area contributed by atoms with Gasteiger partial charge < -0.3 is 16.2 Å². The molecule has 6 heteroatoms. The number of aliphatic carboxylic acids is 1. The van der Waals surface area contributed by atoms with Crippen LogP contribution in [0.3, 0.4) is 0 Å². The average Bonchev–Trinajstić information content (AvgIpc) is 2.52. The van der Waals surface area contributed by atoms with E-state index in [-0.39, 0.29) is 6.54 Å². The average molecular weight is 214 g/mol. The lowest BCUT2D eigenvalue weighted by atomic mass is 10.3. The van der Waals surface area contributed by atoms with Crippen molar-refractivity contribution < 1.29 is 14.7 Å². The molecule has 0 bridgehead atoms. The maximum absolute atomic E-state index is 10.7. The van der Waals surface area contributed by atoms with E-state index in [9.17, 15) is 9.59 Å². The van der Waals surface area contributed by atoms with E-state index in [1.165, 1.54) is 11.3 Å². The number of hydrogen-bond donors (Lipinski definition) is 3. The summed E-state index contributed by atoms with van der Waals surface area (Å²) in [7, 11) is 0. The molecule has 1 aromatic heterocycles. The van der Waals surface area contributed by atoms with E-state index >= 15 is 0 Å². The lowest BCUT2D eigenvalue weighted by Crippen LogP contribution is -2.21. The van der Waals surface area contributed by atoms with Gasteiger partial charge in [-0.2, -0.15) is 0 Å². The zero-order chi connectivity index (χ0) is 10.6. The molecule has 0 spiro atoms. The molecule has 0 unspecified atom stereocenters. The Morgan fingerprint density at radius 1 is 1.57 bits per heavy atom. The molecular formula is C8H10N2O3S. The fourth-order valence-electron chi connectivity index (χ4n) is 0.895. The number of carboxylic acids is 1. The Morgan fingerprint density at radius 3 is 2.79 bits per heavy atom. The van der Waals surface area contributed by atoms with Crippen LogP contribution in [0.25, 0.3) is 0 Å². The predicted molar refractivity (Wildman–Crippen MR) is 52.2 cm³/mol. The van der Waals surface area contributed by atoms with Crippen LogP contribution in [0.4, 0.5) is 0 Å². The Morgan fingerprint density at radius 2 is 2.29 bits per heavy atom. The number of hydrogen-bond acceptors (Lipinski definition) is 4. The molecule has 1 heterocycles. The van der Waals surface area contributed by atoms with Crippen LogP contribution in [-0.4, -0.2) is 23.5 Å². The number of primary amides is 1. The third kappa shape index (κ3) is 3.15. The summed E-state index contributed by atoms with van der Waals surface area (Å²) in [6.45, 7) is 0.341. The molecule has 0 aromatic carbocycles. The van der Waals surface area contributed by atoms with Crippen molar-refractivity contribution in [3.05, 3.63) is 21.9 Å². The van der Waals surface area contributed by atoms with Gasteiger partial charge in [-0.25, -0.2) is 0 Å². The number of carbonyl (C=O) groups is 2. The van der Waals surface area contributed by atoms with Crippen LogP contribution in [0.5, 0.6) is 0 Å². The maximum Gasteiger partial charge on any atom is 0.317 e. The molecule has 76 valence electrons. The molecule has 0 radical (unpaired) electrons. The molecular weight excluding hydrogens is 204 g/mol. The smallest absolute Gasteiger partial charge is 0.317 e. The normalized spacial score (nSPS) is 10.0. The van der Waals surface area contributed by atoms with Crippen molar-refractivity contribution in [2.45, 2.75) is 6.54 Å². The minimum Gasteiger partial charge on any atom is -0.480 e. The van der Waals surface area contributed by atoms with Crippen LogP contribution in [0.2, 0.25) is 0 Å². The van der Waals surface area contributed by atoms with Crippen molar-refractivity contribution in [2.24, 2.45) is 5.73 Å². The molecule has 14 heavy (non-hydrogen) atoms. The summed E-state index contributed by atoms with van der Waals surface area (Å²) >= 11 is 1.37. The van der Waals surface area contributed by atoms with Gasteiger partial charge in [-0.3, -0.25) is 9.59 Å². The zero-order valence-electron chi connectivity index (χ0n) is 7.32. The van der Waals surface area contributed by atoms with Gasteiger partial charge in [0.1, 0.15) is 0 Å². The van der Waals surface area contributed by atoms with Crippen molar-refractivity contribution in [2.75, 3.05) is 6.54 Å². The highest BCUT2D eigenvalue weighted by Gasteiger charge is 2.04. The first kappa shape index (κ1) is 10.7. The highest BCUT2D eigenvalue weighted by Crippen LogP contribution is 2.13. The molecule has 0 fully saturated rings. The first-order valence-electron chi connectivity index (χ1n) is 3.89. The monoisotopic (exact) mass is 214 g/mol. The van der Waals surface area contributed by atoms with E-state index in [1.807, 2.05) is 0 Å². The minimum atomic E-state index is -0.906. The number of thiophene rings is 1. The van der Waals surface area contributed by atoms with Crippen molar-refractivity contribution in [3.63, 3.8) is 0 Å². The lowest BCUT2D eigenvalue weighted by molar-refractivity contribution is -0.135. The molecule has 5 nitrogen and oxygen atoms in total. The van der Waals surface area contributed by atoms with E-state index in [0.29, 0.717) is 12.1 Å². The Kier molecular flexibility index (Phi) is 3.61. The highest BCUT2D eigenvalue weighted by molar-refractivity contribution is 7.10. The summed E-state index contributed by atoms with van der Waals surface area (Å²) in [6, 6.07) is 1.65.